The molecule has 0 amide bonds. The van der Waals surface area contributed by atoms with Crippen LogP contribution in [0, 0.1) is 37.9 Å². The second-order valence-electron chi connectivity index (χ2n) is 26.9. The monoisotopic (exact) mass is 1230 g/mol. The highest BCUT2D eigenvalue weighted by molar-refractivity contribution is 4.86. The Hall–Kier alpha value is -0.720. The summed E-state index contributed by atoms with van der Waals surface area (Å²) >= 11 is 0. The van der Waals surface area contributed by atoms with Crippen molar-refractivity contribution in [3.8, 4) is 0 Å². The van der Waals surface area contributed by atoms with Crippen LogP contribution in [0.25, 0.3) is 0 Å². The van der Waals surface area contributed by atoms with Gasteiger partial charge < -0.3 is 85.3 Å². The Morgan fingerprint density at radius 2 is 0.482 bits per heavy atom. The Labute approximate surface area is 520 Å². The summed E-state index contributed by atoms with van der Waals surface area (Å²) in [4.78, 5) is 0. The first-order chi connectivity index (χ1) is 41.0. The largest absolute Gasteiger partial charge is 0.385 e. The highest BCUT2D eigenvalue weighted by Crippen LogP contribution is 2.33. The molecule has 510 valence electrons. The van der Waals surface area contributed by atoms with Crippen LogP contribution in [0.2, 0.25) is 0 Å². The van der Waals surface area contributed by atoms with E-state index in [1.807, 2.05) is 0 Å². The second kappa shape index (κ2) is 50.9. The average Bonchev–Trinajstić information content (AvgIpc) is 3.61. The fraction of sp³-hybridized carbons (Fsp3) is 1.00. The molecule has 7 aliphatic heterocycles. The fourth-order valence-electron chi connectivity index (χ4n) is 9.28. The van der Waals surface area contributed by atoms with Gasteiger partial charge in [-0.05, 0) is 57.8 Å². The van der Waals surface area contributed by atoms with Gasteiger partial charge in [0.25, 0.3) is 0 Å². The lowest BCUT2D eigenvalue weighted by Crippen LogP contribution is -2.45. The Kier molecular flexibility index (Phi) is 49.2. The average molecular weight is 1230 g/mol. The molecule has 7 heterocycles. The van der Waals surface area contributed by atoms with Gasteiger partial charge in [0.1, 0.15) is 0 Å². The third-order valence-corrected chi connectivity index (χ3v) is 16.0. The minimum Gasteiger partial charge on any atom is -0.385 e. The Morgan fingerprint density at radius 1 is 0.235 bits per heavy atom. The molecule has 0 saturated carbocycles. The molecule has 0 unspecified atom stereocenters. The second-order valence-corrected chi connectivity index (χ2v) is 26.9. The van der Waals surface area contributed by atoms with E-state index in [0.717, 1.165) is 198 Å². The maximum absolute atomic E-state index is 5.73. The molecule has 0 aromatic rings. The number of hydrogen-bond donors (Lipinski definition) is 0. The highest BCUT2D eigenvalue weighted by Gasteiger charge is 2.39. The number of ether oxygens (including phenoxy) is 18. The predicted molar refractivity (Wildman–Crippen MR) is 337 cm³/mol. The van der Waals surface area contributed by atoms with Crippen LogP contribution in [0.3, 0.4) is 0 Å². The molecule has 0 aromatic carbocycles. The molecule has 7 aliphatic rings. The van der Waals surface area contributed by atoms with Crippen molar-refractivity contribution in [3.05, 3.63) is 0 Å². The number of methoxy groups -OCH3 is 6. The van der Waals surface area contributed by atoms with Crippen molar-refractivity contribution in [2.45, 2.75) is 158 Å². The van der Waals surface area contributed by atoms with Gasteiger partial charge in [-0.25, -0.2) is 0 Å². The summed E-state index contributed by atoms with van der Waals surface area (Å²) in [6.07, 6.45) is 19.3. The van der Waals surface area contributed by atoms with Crippen LogP contribution in [-0.4, -0.2) is 241 Å². The Morgan fingerprint density at radius 3 is 0.718 bits per heavy atom. The van der Waals surface area contributed by atoms with E-state index in [0.29, 0.717) is 45.7 Å². The summed E-state index contributed by atoms with van der Waals surface area (Å²) in [5.74, 6) is 0. The van der Waals surface area contributed by atoms with Gasteiger partial charge in [-0.3, -0.25) is 0 Å². The van der Waals surface area contributed by atoms with Crippen molar-refractivity contribution in [3.63, 3.8) is 0 Å². The van der Waals surface area contributed by atoms with Gasteiger partial charge in [0, 0.05) is 127 Å². The maximum atomic E-state index is 5.73. The lowest BCUT2D eigenvalue weighted by molar-refractivity contribution is -0.150. The highest BCUT2D eigenvalue weighted by atomic mass is 16.6. The van der Waals surface area contributed by atoms with Crippen LogP contribution < -0.4 is 0 Å². The molecular weight excluding hydrogens is 1090 g/mol. The lowest BCUT2D eigenvalue weighted by Gasteiger charge is -2.40. The zero-order valence-electron chi connectivity index (χ0n) is 57.4. The quantitative estimate of drug-likeness (QED) is 0.0529. The summed E-state index contributed by atoms with van der Waals surface area (Å²) in [6, 6.07) is 0. The molecule has 0 aliphatic carbocycles. The Bertz CT molecular complexity index is 1400. The number of rotatable bonds is 43. The summed E-state index contributed by atoms with van der Waals surface area (Å²) in [5.41, 5.74) is 2.23. The van der Waals surface area contributed by atoms with Gasteiger partial charge in [0.15, 0.2) is 0 Å². The molecule has 0 N–H and O–H groups in total. The lowest BCUT2D eigenvalue weighted by atomic mass is 9.84. The van der Waals surface area contributed by atoms with Gasteiger partial charge in [-0.1, -0.05) is 100 Å². The molecule has 0 aromatic heterocycles. The third-order valence-electron chi connectivity index (χ3n) is 16.0. The molecular formula is C67H134O18. The van der Waals surface area contributed by atoms with Gasteiger partial charge in [-0.15, -0.1) is 0 Å². The first-order valence-corrected chi connectivity index (χ1v) is 32.9. The first-order valence-electron chi connectivity index (χ1n) is 32.9. The summed E-state index contributed by atoms with van der Waals surface area (Å²) in [5, 5.41) is 0. The van der Waals surface area contributed by atoms with Crippen LogP contribution in [0.4, 0.5) is 0 Å². The number of hydrogen-bond acceptors (Lipinski definition) is 18. The molecule has 0 spiro atoms. The molecule has 7 rings (SSSR count). The van der Waals surface area contributed by atoms with Gasteiger partial charge >= 0.3 is 0 Å². The standard InChI is InChI=1S/C13H26O3.C12H24O3.C11H22O2.C10H20O3.C8H16O3.C7H14O2.C6H12O2/c1-3-13(11-16-12-13)10-15-9-7-5-4-6-8-14-2;1-12(10-15-11-12)9-14-8-6-4-3-5-7-13-2;1-3-4-5-6-7-12-8-11(2)9-13-10-11;1-10(8-13-9-10)7-12-6-4-3-5-11-2;1-8(6-11-7-8)5-10-4-3-9-2;1-3-7(4-8-2)5-9-6-7;1-6(3-7-2)4-8-5-6/h3-12H2,1-2H3;3-11H2,1-2H3;3-10H2,1-2H3;3-9H2,1-2H3;3-7H2,1-2H3;3-6H2,1-2H3;3-5H2,1-2H3. The van der Waals surface area contributed by atoms with Crippen LogP contribution in [0.1, 0.15) is 158 Å². The van der Waals surface area contributed by atoms with E-state index in [4.69, 9.17) is 85.3 Å². The fourth-order valence-corrected chi connectivity index (χ4v) is 9.28. The summed E-state index contributed by atoms with van der Waals surface area (Å²) < 4.78 is 93.6. The van der Waals surface area contributed by atoms with Crippen LogP contribution in [0.5, 0.6) is 0 Å². The Balaban J connectivity index is 0.000000501. The molecule has 85 heavy (non-hydrogen) atoms. The maximum Gasteiger partial charge on any atom is 0.0700 e. The van der Waals surface area contributed by atoms with E-state index in [1.165, 1.54) is 89.9 Å². The van der Waals surface area contributed by atoms with Crippen LogP contribution in [0.15, 0.2) is 0 Å². The van der Waals surface area contributed by atoms with Crippen molar-refractivity contribution >= 4 is 0 Å². The predicted octanol–water partition coefficient (Wildman–Crippen LogP) is 11.4. The van der Waals surface area contributed by atoms with E-state index in [1.54, 1.807) is 42.7 Å². The number of unbranched alkanes of at least 4 members (excludes halogenated alkanes) is 10. The minimum atomic E-state index is 0.272. The van der Waals surface area contributed by atoms with E-state index < -0.39 is 0 Å². The molecule has 7 saturated heterocycles. The van der Waals surface area contributed by atoms with Crippen molar-refractivity contribution in [1.29, 1.82) is 0 Å². The molecule has 7 fully saturated rings. The smallest absolute Gasteiger partial charge is 0.0700 e. The zero-order chi connectivity index (χ0) is 62.8. The molecule has 0 atom stereocenters. The van der Waals surface area contributed by atoms with E-state index >= 15 is 0 Å². The third kappa shape index (κ3) is 40.7. The van der Waals surface area contributed by atoms with Gasteiger partial charge in [0.05, 0.1) is 152 Å². The van der Waals surface area contributed by atoms with Crippen molar-refractivity contribution < 1.29 is 85.3 Å². The zero-order valence-corrected chi connectivity index (χ0v) is 57.4. The van der Waals surface area contributed by atoms with Gasteiger partial charge in [0.2, 0.25) is 0 Å². The molecule has 18 heteroatoms. The van der Waals surface area contributed by atoms with Crippen LogP contribution in [-0.2, 0) is 85.3 Å². The molecule has 18 nitrogen and oxygen atoms in total. The van der Waals surface area contributed by atoms with Crippen molar-refractivity contribution in [1.82, 2.24) is 0 Å². The van der Waals surface area contributed by atoms with E-state index in [2.05, 4.69) is 55.4 Å². The summed E-state index contributed by atoms with van der Waals surface area (Å²) in [7, 11) is 10.4. The normalized spacial score (nSPS) is 20.4. The van der Waals surface area contributed by atoms with Crippen molar-refractivity contribution in [2.75, 3.05) is 241 Å². The summed E-state index contributed by atoms with van der Waals surface area (Å²) in [6.45, 7) is 43.2. The van der Waals surface area contributed by atoms with Crippen molar-refractivity contribution in [2.24, 2.45) is 37.9 Å². The van der Waals surface area contributed by atoms with Gasteiger partial charge in [-0.2, -0.15) is 0 Å². The molecule has 0 radical (unpaired) electrons. The van der Waals surface area contributed by atoms with E-state index in [9.17, 15) is 0 Å². The minimum absolute atomic E-state index is 0.272. The van der Waals surface area contributed by atoms with E-state index in [-0.39, 0.29) is 5.41 Å². The SMILES string of the molecule is CCC1(COC)COC1.CCC1(COCCCCCCOC)COC1.CCCCCCOCC1(C)COC1.COCC1(C)COC1.COCCCCCCOCC1(C)COC1.COCCCCOCC1(C)COC1.COCCOCC1(C)COC1. The van der Waals surface area contributed by atoms with Crippen LogP contribution >= 0.6 is 0 Å². The topological polar surface area (TPSA) is 166 Å². The molecule has 0 bridgehead atoms. The first kappa shape index (κ1) is 82.3.